The monoisotopic (exact) mass is 368 g/mol. The molecule has 0 fully saturated rings. The lowest BCUT2D eigenvalue weighted by atomic mass is 10.1. The van der Waals surface area contributed by atoms with Gasteiger partial charge in [0.2, 0.25) is 0 Å². The molecule has 0 saturated heterocycles. The summed E-state index contributed by atoms with van der Waals surface area (Å²) < 4.78 is 3.08. The van der Waals surface area contributed by atoms with Crippen LogP contribution in [0.5, 0.6) is 0 Å². The maximum absolute atomic E-state index is 10.8. The van der Waals surface area contributed by atoms with Crippen molar-refractivity contribution < 1.29 is 9.90 Å². The molecular formula is C15H17BrN2O2S. The summed E-state index contributed by atoms with van der Waals surface area (Å²) >= 11 is 4.79. The van der Waals surface area contributed by atoms with Gasteiger partial charge in [-0.3, -0.25) is 9.36 Å². The number of nitrogens with zero attached hydrogens (tertiary/aromatic N) is 2. The van der Waals surface area contributed by atoms with Gasteiger partial charge in [0, 0.05) is 10.2 Å². The number of aliphatic carboxylic acids is 1. The summed E-state index contributed by atoms with van der Waals surface area (Å²) in [5, 5.41) is 9.60. The molecule has 1 N–H and O–H groups in total. The first-order valence-corrected chi connectivity index (χ1v) is 8.37. The average Bonchev–Trinajstić information content (AvgIpc) is 2.83. The van der Waals surface area contributed by atoms with E-state index in [2.05, 4.69) is 39.3 Å². The Morgan fingerprint density at radius 3 is 2.81 bits per heavy atom. The highest BCUT2D eigenvalue weighted by Crippen LogP contribution is 2.31. The Morgan fingerprint density at radius 2 is 2.19 bits per heavy atom. The number of halogens is 1. The van der Waals surface area contributed by atoms with Crippen LogP contribution in [0.15, 0.2) is 34.0 Å². The fraction of sp³-hybridized carbons (Fsp3) is 0.333. The van der Waals surface area contributed by atoms with Gasteiger partial charge in [0.05, 0.1) is 17.6 Å². The molecule has 0 radical (unpaired) electrons. The van der Waals surface area contributed by atoms with Gasteiger partial charge in [0.25, 0.3) is 0 Å². The van der Waals surface area contributed by atoms with E-state index in [0.29, 0.717) is 11.1 Å². The number of carbonyl (C=O) groups is 1. The van der Waals surface area contributed by atoms with Gasteiger partial charge in [-0.2, -0.15) is 0 Å². The maximum atomic E-state index is 10.8. The predicted octanol–water partition coefficient (Wildman–Crippen LogP) is 4.24. The van der Waals surface area contributed by atoms with Crippen molar-refractivity contribution in [1.82, 2.24) is 9.55 Å². The number of carboxylic acid groups (broad SMARTS) is 1. The first-order valence-electron chi connectivity index (χ1n) is 6.59. The van der Waals surface area contributed by atoms with E-state index in [0.717, 1.165) is 21.4 Å². The Hall–Kier alpha value is -1.27. The molecule has 0 unspecified atom stereocenters. The van der Waals surface area contributed by atoms with E-state index < -0.39 is 5.97 Å². The van der Waals surface area contributed by atoms with Crippen LogP contribution >= 0.6 is 27.7 Å². The molecule has 0 atom stereocenters. The molecule has 0 aliphatic heterocycles. The number of hydrogen-bond donors (Lipinski definition) is 1. The molecule has 2 aromatic rings. The summed E-state index contributed by atoms with van der Waals surface area (Å²) in [4.78, 5) is 15.2. The van der Waals surface area contributed by atoms with Crippen molar-refractivity contribution in [1.29, 1.82) is 0 Å². The largest absolute Gasteiger partial charge is 0.481 e. The van der Waals surface area contributed by atoms with E-state index in [1.54, 1.807) is 0 Å². The molecule has 6 heteroatoms. The first kappa shape index (κ1) is 16.1. The second kappa shape index (κ2) is 6.66. The Morgan fingerprint density at radius 1 is 1.48 bits per heavy atom. The van der Waals surface area contributed by atoms with Crippen molar-refractivity contribution in [2.75, 3.05) is 5.75 Å². The lowest BCUT2D eigenvalue weighted by molar-refractivity contribution is -0.133. The van der Waals surface area contributed by atoms with Crippen molar-refractivity contribution in [2.24, 2.45) is 0 Å². The summed E-state index contributed by atoms with van der Waals surface area (Å²) in [7, 11) is 0. The van der Waals surface area contributed by atoms with Gasteiger partial charge >= 0.3 is 5.97 Å². The van der Waals surface area contributed by atoms with E-state index in [1.165, 1.54) is 11.8 Å². The first-order chi connectivity index (χ1) is 9.91. The van der Waals surface area contributed by atoms with Crippen molar-refractivity contribution in [3.05, 3.63) is 40.1 Å². The smallest absolute Gasteiger partial charge is 0.313 e. The van der Waals surface area contributed by atoms with Gasteiger partial charge < -0.3 is 5.11 Å². The molecule has 1 aromatic heterocycles. The minimum absolute atomic E-state index is 0.00159. The summed E-state index contributed by atoms with van der Waals surface area (Å²) in [6, 6.07) is 6.00. The number of carboxylic acids is 1. The van der Waals surface area contributed by atoms with Gasteiger partial charge in [-0.15, -0.1) is 0 Å². The normalized spacial score (nSPS) is 11.1. The number of thioether (sulfide) groups is 1. The van der Waals surface area contributed by atoms with E-state index in [1.807, 2.05) is 31.3 Å². The summed E-state index contributed by atoms with van der Waals surface area (Å²) in [6.07, 6.45) is 1.83. The molecule has 21 heavy (non-hydrogen) atoms. The third-order valence-electron chi connectivity index (χ3n) is 3.15. The molecule has 0 spiro atoms. The van der Waals surface area contributed by atoms with Crippen molar-refractivity contribution >= 4 is 33.7 Å². The zero-order chi connectivity index (χ0) is 15.6. The fourth-order valence-electron chi connectivity index (χ4n) is 2.06. The highest BCUT2D eigenvalue weighted by Gasteiger charge is 2.17. The highest BCUT2D eigenvalue weighted by atomic mass is 79.9. The number of benzene rings is 1. The third kappa shape index (κ3) is 3.49. The molecule has 0 bridgehead atoms. The number of rotatable bonds is 5. The van der Waals surface area contributed by atoms with Crippen LogP contribution in [-0.4, -0.2) is 26.4 Å². The van der Waals surface area contributed by atoms with Gasteiger partial charge in [-0.1, -0.05) is 47.6 Å². The molecule has 2 rings (SSSR count). The van der Waals surface area contributed by atoms with Crippen LogP contribution in [0.3, 0.4) is 0 Å². The second-order valence-corrected chi connectivity index (χ2v) is 6.82. The second-order valence-electron chi connectivity index (χ2n) is 5.02. The molecule has 4 nitrogen and oxygen atoms in total. The van der Waals surface area contributed by atoms with Crippen molar-refractivity contribution in [3.63, 3.8) is 0 Å². The van der Waals surface area contributed by atoms with Crippen LogP contribution in [0.1, 0.15) is 31.0 Å². The minimum atomic E-state index is -0.841. The standard InChI is InChI=1S/C15H17BrN2O2S/c1-9(2)13-7-17-15(21-8-14(19)20)18(13)12-6-4-5-11(16)10(12)3/h4-7,9H,8H2,1-3H3,(H,19,20). The third-order valence-corrected chi connectivity index (χ3v) is 4.95. The Kier molecular flexibility index (Phi) is 5.11. The maximum Gasteiger partial charge on any atom is 0.313 e. The van der Waals surface area contributed by atoms with Gasteiger partial charge in [0.1, 0.15) is 0 Å². The van der Waals surface area contributed by atoms with Crippen LogP contribution in [0, 0.1) is 6.92 Å². The van der Waals surface area contributed by atoms with E-state index in [-0.39, 0.29) is 5.75 Å². The van der Waals surface area contributed by atoms with Gasteiger partial charge in [-0.05, 0) is 30.5 Å². The minimum Gasteiger partial charge on any atom is -0.481 e. The topological polar surface area (TPSA) is 55.1 Å². The zero-order valence-electron chi connectivity index (χ0n) is 12.1. The van der Waals surface area contributed by atoms with E-state index in [4.69, 9.17) is 5.11 Å². The predicted molar refractivity (Wildman–Crippen MR) is 88.4 cm³/mol. The van der Waals surface area contributed by atoms with Crippen LogP contribution in [0.25, 0.3) is 5.69 Å². The fourth-order valence-corrected chi connectivity index (χ4v) is 3.13. The highest BCUT2D eigenvalue weighted by molar-refractivity contribution is 9.10. The molecule has 0 aliphatic rings. The van der Waals surface area contributed by atoms with Gasteiger partial charge in [-0.25, -0.2) is 4.98 Å². The molecule has 0 saturated carbocycles. The molecule has 0 amide bonds. The zero-order valence-corrected chi connectivity index (χ0v) is 14.5. The Bertz CT molecular complexity index is 668. The lowest BCUT2D eigenvalue weighted by Crippen LogP contribution is -2.07. The van der Waals surface area contributed by atoms with Crippen LogP contribution < -0.4 is 0 Å². The summed E-state index contributed by atoms with van der Waals surface area (Å²) in [5.41, 5.74) is 3.21. The molecule has 1 aromatic carbocycles. The Labute approximate surface area is 136 Å². The average molecular weight is 369 g/mol. The number of hydrogen-bond acceptors (Lipinski definition) is 3. The molecule has 1 heterocycles. The summed E-state index contributed by atoms with van der Waals surface area (Å²) in [5.74, 6) is -0.539. The van der Waals surface area contributed by atoms with E-state index in [9.17, 15) is 4.79 Å². The van der Waals surface area contributed by atoms with Crippen LogP contribution in [-0.2, 0) is 4.79 Å². The molecular weight excluding hydrogens is 352 g/mol. The van der Waals surface area contributed by atoms with E-state index >= 15 is 0 Å². The van der Waals surface area contributed by atoms with Gasteiger partial charge in [0.15, 0.2) is 5.16 Å². The SMILES string of the molecule is Cc1c(Br)cccc1-n1c(C(C)C)cnc1SCC(=O)O. The Balaban J connectivity index is 2.55. The number of aromatic nitrogens is 2. The lowest BCUT2D eigenvalue weighted by Gasteiger charge is -2.16. The quantitative estimate of drug-likeness (QED) is 0.801. The van der Waals surface area contributed by atoms with Crippen LogP contribution in [0.2, 0.25) is 0 Å². The number of imidazole rings is 1. The van der Waals surface area contributed by atoms with Crippen LogP contribution in [0.4, 0.5) is 0 Å². The van der Waals surface area contributed by atoms with Crippen molar-refractivity contribution in [2.45, 2.75) is 31.8 Å². The molecule has 0 aliphatic carbocycles. The molecule has 112 valence electrons. The summed E-state index contributed by atoms with van der Waals surface area (Å²) in [6.45, 7) is 6.24. The van der Waals surface area contributed by atoms with Crippen molar-refractivity contribution in [3.8, 4) is 5.69 Å².